The van der Waals surface area contributed by atoms with E-state index in [4.69, 9.17) is 4.42 Å². The Hall–Kier alpha value is -1.43. The molecule has 2 aliphatic heterocycles. The largest absolute Gasteiger partial charge is 0.424 e. The minimum atomic E-state index is 0.359. The summed E-state index contributed by atoms with van der Waals surface area (Å²) in [6, 6.07) is 0. The summed E-state index contributed by atoms with van der Waals surface area (Å²) in [4.78, 5) is 16.4. The maximum absolute atomic E-state index is 11.9. The monoisotopic (exact) mass is 332 g/mol. The van der Waals surface area contributed by atoms with Crippen LogP contribution in [0.15, 0.2) is 4.42 Å². The average molecular weight is 332 g/mol. The molecule has 1 aliphatic carbocycles. The first-order chi connectivity index (χ1) is 11.8. The van der Waals surface area contributed by atoms with Gasteiger partial charge in [0, 0.05) is 25.4 Å². The number of likely N-dealkylation sites (tertiary alicyclic amines) is 2. The summed E-state index contributed by atoms with van der Waals surface area (Å²) in [7, 11) is 0. The smallest absolute Gasteiger partial charge is 0.230 e. The molecule has 132 valence electrons. The standard InChI is InChI=1S/C18H28N4O2/c23-17-6-1-2-9-22(17)12-14-7-10-21(11-8-14)13-16-19-20-18(24-16)15-4-3-5-15/h14-15H,1-13H2. The van der Waals surface area contributed by atoms with E-state index in [0.717, 1.165) is 70.2 Å². The number of nitrogens with zero attached hydrogens (tertiary/aromatic N) is 4. The van der Waals surface area contributed by atoms with Gasteiger partial charge in [0.15, 0.2) is 0 Å². The first-order valence-corrected chi connectivity index (χ1v) is 9.60. The maximum atomic E-state index is 11.9. The Kier molecular flexibility index (Phi) is 4.83. The Balaban J connectivity index is 1.22. The van der Waals surface area contributed by atoms with Crippen molar-refractivity contribution in [2.24, 2.45) is 5.92 Å². The van der Waals surface area contributed by atoms with Gasteiger partial charge in [0.05, 0.1) is 6.54 Å². The first-order valence-electron chi connectivity index (χ1n) is 9.60. The second-order valence-electron chi connectivity index (χ2n) is 7.68. The minimum absolute atomic E-state index is 0.359. The van der Waals surface area contributed by atoms with Crippen LogP contribution in [0.25, 0.3) is 0 Å². The lowest BCUT2D eigenvalue weighted by Crippen LogP contribution is -2.42. The minimum Gasteiger partial charge on any atom is -0.424 e. The molecule has 0 unspecified atom stereocenters. The third kappa shape index (κ3) is 3.63. The fourth-order valence-corrected chi connectivity index (χ4v) is 4.04. The quantitative estimate of drug-likeness (QED) is 0.829. The summed E-state index contributed by atoms with van der Waals surface area (Å²) in [5, 5.41) is 8.44. The van der Waals surface area contributed by atoms with Gasteiger partial charge in [0.2, 0.25) is 17.7 Å². The number of piperidine rings is 2. The fraction of sp³-hybridized carbons (Fsp3) is 0.833. The second-order valence-corrected chi connectivity index (χ2v) is 7.68. The predicted octanol–water partition coefficient (Wildman–Crippen LogP) is 2.56. The van der Waals surface area contributed by atoms with Crippen molar-refractivity contribution < 1.29 is 9.21 Å². The topological polar surface area (TPSA) is 62.5 Å². The zero-order valence-electron chi connectivity index (χ0n) is 14.5. The Morgan fingerprint density at radius 2 is 1.83 bits per heavy atom. The number of aromatic nitrogens is 2. The van der Waals surface area contributed by atoms with Crippen molar-refractivity contribution in [3.05, 3.63) is 11.8 Å². The lowest BCUT2D eigenvalue weighted by molar-refractivity contribution is -0.134. The summed E-state index contributed by atoms with van der Waals surface area (Å²) < 4.78 is 5.84. The average Bonchev–Trinajstić information content (AvgIpc) is 2.98. The van der Waals surface area contributed by atoms with Gasteiger partial charge in [0.25, 0.3) is 0 Å². The molecular weight excluding hydrogens is 304 g/mol. The van der Waals surface area contributed by atoms with Crippen molar-refractivity contribution in [3.8, 4) is 0 Å². The Morgan fingerprint density at radius 3 is 2.54 bits per heavy atom. The lowest BCUT2D eigenvalue weighted by Gasteiger charge is -2.35. The van der Waals surface area contributed by atoms with Crippen molar-refractivity contribution in [2.75, 3.05) is 26.2 Å². The molecule has 4 rings (SSSR count). The van der Waals surface area contributed by atoms with E-state index in [2.05, 4.69) is 20.0 Å². The van der Waals surface area contributed by atoms with Crippen LogP contribution in [0.1, 0.15) is 69.1 Å². The number of hydrogen-bond acceptors (Lipinski definition) is 5. The van der Waals surface area contributed by atoms with Gasteiger partial charge in [-0.05, 0) is 57.5 Å². The van der Waals surface area contributed by atoms with Crippen LogP contribution in [0.3, 0.4) is 0 Å². The van der Waals surface area contributed by atoms with Gasteiger partial charge in [-0.15, -0.1) is 10.2 Å². The van der Waals surface area contributed by atoms with Crippen molar-refractivity contribution in [3.63, 3.8) is 0 Å². The molecule has 1 amide bonds. The van der Waals surface area contributed by atoms with Gasteiger partial charge >= 0.3 is 0 Å². The van der Waals surface area contributed by atoms with Gasteiger partial charge in [0.1, 0.15) is 0 Å². The van der Waals surface area contributed by atoms with Gasteiger partial charge in [-0.25, -0.2) is 0 Å². The van der Waals surface area contributed by atoms with Crippen LogP contribution in [0.4, 0.5) is 0 Å². The summed E-state index contributed by atoms with van der Waals surface area (Å²) in [5.74, 6) is 3.13. The van der Waals surface area contributed by atoms with E-state index in [9.17, 15) is 4.79 Å². The van der Waals surface area contributed by atoms with E-state index in [0.29, 0.717) is 17.7 Å². The van der Waals surface area contributed by atoms with Crippen LogP contribution in [0.2, 0.25) is 0 Å². The van der Waals surface area contributed by atoms with E-state index in [-0.39, 0.29) is 0 Å². The molecule has 0 aromatic carbocycles. The Morgan fingerprint density at radius 1 is 1.00 bits per heavy atom. The van der Waals surface area contributed by atoms with Crippen molar-refractivity contribution in [1.29, 1.82) is 0 Å². The molecule has 24 heavy (non-hydrogen) atoms. The predicted molar refractivity (Wildman–Crippen MR) is 89.3 cm³/mol. The zero-order valence-corrected chi connectivity index (χ0v) is 14.5. The van der Waals surface area contributed by atoms with Crippen LogP contribution in [-0.4, -0.2) is 52.1 Å². The summed E-state index contributed by atoms with van der Waals surface area (Å²) in [5.41, 5.74) is 0. The van der Waals surface area contributed by atoms with Crippen molar-refractivity contribution in [2.45, 2.75) is 63.8 Å². The molecule has 0 radical (unpaired) electrons. The van der Waals surface area contributed by atoms with Gasteiger partial charge in [-0.2, -0.15) is 0 Å². The van der Waals surface area contributed by atoms with Gasteiger partial charge in [-0.3, -0.25) is 9.69 Å². The van der Waals surface area contributed by atoms with Crippen LogP contribution in [-0.2, 0) is 11.3 Å². The van der Waals surface area contributed by atoms with Crippen LogP contribution in [0.5, 0.6) is 0 Å². The number of hydrogen-bond donors (Lipinski definition) is 0. The molecule has 6 nitrogen and oxygen atoms in total. The van der Waals surface area contributed by atoms with Crippen molar-refractivity contribution in [1.82, 2.24) is 20.0 Å². The number of rotatable bonds is 5. The number of amides is 1. The number of carbonyl (C=O) groups excluding carboxylic acids is 1. The SMILES string of the molecule is O=C1CCCCN1CC1CCN(Cc2nnc(C3CCC3)o2)CC1. The highest BCUT2D eigenvalue weighted by Gasteiger charge is 2.27. The summed E-state index contributed by atoms with van der Waals surface area (Å²) in [6.45, 7) is 4.82. The third-order valence-corrected chi connectivity index (χ3v) is 5.90. The van der Waals surface area contributed by atoms with Crippen molar-refractivity contribution >= 4 is 5.91 Å². The zero-order chi connectivity index (χ0) is 16.4. The van der Waals surface area contributed by atoms with E-state index < -0.39 is 0 Å². The first kappa shape index (κ1) is 16.1. The molecule has 0 N–H and O–H groups in total. The highest BCUT2D eigenvalue weighted by Crippen LogP contribution is 2.35. The molecule has 3 fully saturated rings. The molecule has 6 heteroatoms. The summed E-state index contributed by atoms with van der Waals surface area (Å²) >= 11 is 0. The van der Waals surface area contributed by atoms with Crippen LogP contribution >= 0.6 is 0 Å². The number of carbonyl (C=O) groups is 1. The Labute approximate surface area is 143 Å². The fourth-order valence-electron chi connectivity index (χ4n) is 4.04. The molecule has 3 heterocycles. The Bertz CT molecular complexity index is 561. The maximum Gasteiger partial charge on any atom is 0.230 e. The highest BCUT2D eigenvalue weighted by atomic mass is 16.4. The molecule has 0 atom stereocenters. The van der Waals surface area contributed by atoms with E-state index in [1.807, 2.05) is 0 Å². The lowest BCUT2D eigenvalue weighted by atomic mass is 9.85. The molecule has 0 bridgehead atoms. The molecular formula is C18H28N4O2. The van der Waals surface area contributed by atoms with Crippen LogP contribution < -0.4 is 0 Å². The molecule has 1 saturated carbocycles. The molecule has 0 spiro atoms. The highest BCUT2D eigenvalue weighted by molar-refractivity contribution is 5.76. The van der Waals surface area contributed by atoms with Gasteiger partial charge in [-0.1, -0.05) is 6.42 Å². The van der Waals surface area contributed by atoms with E-state index in [1.54, 1.807) is 0 Å². The normalized spacial score (nSPS) is 24.3. The van der Waals surface area contributed by atoms with Crippen LogP contribution in [0, 0.1) is 5.92 Å². The molecule has 3 aliphatic rings. The molecule has 1 aromatic heterocycles. The van der Waals surface area contributed by atoms with E-state index in [1.165, 1.54) is 25.7 Å². The second kappa shape index (κ2) is 7.21. The molecule has 2 saturated heterocycles. The van der Waals surface area contributed by atoms with E-state index >= 15 is 0 Å². The van der Waals surface area contributed by atoms with Gasteiger partial charge < -0.3 is 9.32 Å². The molecule has 1 aromatic rings. The third-order valence-electron chi connectivity index (χ3n) is 5.90. The summed E-state index contributed by atoms with van der Waals surface area (Å²) in [6.07, 6.45) is 8.99.